The number of hydrogen-bond donors (Lipinski definition) is 1. The summed E-state index contributed by atoms with van der Waals surface area (Å²) in [5.74, 6) is -0.233. The van der Waals surface area contributed by atoms with E-state index in [0.29, 0.717) is 17.9 Å². The molecule has 0 aliphatic heterocycles. The van der Waals surface area contributed by atoms with E-state index in [-0.39, 0.29) is 17.3 Å². The highest BCUT2D eigenvalue weighted by atomic mass is 32.2. The summed E-state index contributed by atoms with van der Waals surface area (Å²) >= 11 is 0. The molecule has 0 fully saturated rings. The van der Waals surface area contributed by atoms with Crippen LogP contribution in [0, 0.1) is 6.92 Å². The number of aryl methyl sites for hydroxylation is 2. The van der Waals surface area contributed by atoms with Gasteiger partial charge in [-0.25, -0.2) is 8.42 Å². The van der Waals surface area contributed by atoms with Gasteiger partial charge in [-0.3, -0.25) is 13.9 Å². The van der Waals surface area contributed by atoms with Gasteiger partial charge in [0, 0.05) is 12.1 Å². The minimum atomic E-state index is -4.13. The summed E-state index contributed by atoms with van der Waals surface area (Å²) in [6.45, 7) is 10.7. The van der Waals surface area contributed by atoms with E-state index in [0.717, 1.165) is 21.0 Å². The number of sulfonamides is 1. The van der Waals surface area contributed by atoms with Gasteiger partial charge in [0.05, 0.1) is 17.7 Å². The zero-order valence-electron chi connectivity index (χ0n) is 25.0. The number of para-hydroxylation sites is 1. The van der Waals surface area contributed by atoms with Crippen LogP contribution >= 0.6 is 0 Å². The van der Waals surface area contributed by atoms with E-state index in [1.54, 1.807) is 62.6 Å². The maximum Gasteiger partial charge on any atom is 0.264 e. The second-order valence-corrected chi connectivity index (χ2v) is 13.0. The average Bonchev–Trinajstić information content (AvgIpc) is 2.93. The first-order valence-electron chi connectivity index (χ1n) is 13.7. The van der Waals surface area contributed by atoms with Crippen LogP contribution in [0.2, 0.25) is 0 Å². The molecule has 8 nitrogen and oxygen atoms in total. The molecule has 41 heavy (non-hydrogen) atoms. The number of methoxy groups -OCH3 is 1. The minimum Gasteiger partial charge on any atom is -0.497 e. The highest BCUT2D eigenvalue weighted by Gasteiger charge is 2.34. The van der Waals surface area contributed by atoms with Crippen molar-refractivity contribution in [2.24, 2.45) is 0 Å². The van der Waals surface area contributed by atoms with Gasteiger partial charge in [0.1, 0.15) is 18.3 Å². The van der Waals surface area contributed by atoms with Gasteiger partial charge < -0.3 is 15.0 Å². The largest absolute Gasteiger partial charge is 0.497 e. The second-order valence-electron chi connectivity index (χ2n) is 11.1. The van der Waals surface area contributed by atoms with Crippen molar-refractivity contribution in [2.75, 3.05) is 18.0 Å². The van der Waals surface area contributed by atoms with Gasteiger partial charge in [-0.2, -0.15) is 0 Å². The van der Waals surface area contributed by atoms with Crippen molar-refractivity contribution < 1.29 is 22.7 Å². The lowest BCUT2D eigenvalue weighted by Crippen LogP contribution is -2.54. The lowest BCUT2D eigenvalue weighted by molar-refractivity contribution is -0.140. The molecule has 0 aliphatic rings. The van der Waals surface area contributed by atoms with Crippen LogP contribution in [0.1, 0.15) is 51.3 Å². The van der Waals surface area contributed by atoms with E-state index in [1.165, 1.54) is 4.90 Å². The Labute approximate surface area is 244 Å². The smallest absolute Gasteiger partial charge is 0.264 e. The Morgan fingerprint density at radius 1 is 0.976 bits per heavy atom. The molecule has 3 aromatic rings. The van der Waals surface area contributed by atoms with Crippen LogP contribution in [0.25, 0.3) is 0 Å². The first-order valence-corrected chi connectivity index (χ1v) is 15.1. The Balaban J connectivity index is 2.08. The normalized spacial score (nSPS) is 12.4. The van der Waals surface area contributed by atoms with Crippen molar-refractivity contribution in [1.29, 1.82) is 0 Å². The Morgan fingerprint density at radius 2 is 1.63 bits per heavy atom. The van der Waals surface area contributed by atoms with Gasteiger partial charge in [0.15, 0.2) is 0 Å². The molecular weight excluding hydrogens is 538 g/mol. The first kappa shape index (κ1) is 31.7. The molecule has 2 amide bonds. The third-order valence-corrected chi connectivity index (χ3v) is 8.46. The Hall–Kier alpha value is -3.85. The lowest BCUT2D eigenvalue weighted by Gasteiger charge is -2.34. The monoisotopic (exact) mass is 579 g/mol. The lowest BCUT2D eigenvalue weighted by atomic mass is 10.1. The van der Waals surface area contributed by atoms with Gasteiger partial charge in [0.25, 0.3) is 10.0 Å². The molecule has 0 aromatic heterocycles. The summed E-state index contributed by atoms with van der Waals surface area (Å²) < 4.78 is 34.6. The number of rotatable bonds is 11. The topological polar surface area (TPSA) is 96.0 Å². The zero-order valence-corrected chi connectivity index (χ0v) is 25.8. The minimum absolute atomic E-state index is 0.0830. The van der Waals surface area contributed by atoms with E-state index in [9.17, 15) is 18.0 Å². The summed E-state index contributed by atoms with van der Waals surface area (Å²) in [6.07, 6.45) is 0.572. The van der Waals surface area contributed by atoms with E-state index in [1.807, 2.05) is 58.9 Å². The molecule has 0 aliphatic carbocycles. The maximum absolute atomic E-state index is 14.1. The van der Waals surface area contributed by atoms with E-state index >= 15 is 0 Å². The molecule has 0 radical (unpaired) electrons. The van der Waals surface area contributed by atoms with Gasteiger partial charge in [-0.05, 0) is 82.5 Å². The number of ether oxygens (including phenoxy) is 1. The summed E-state index contributed by atoms with van der Waals surface area (Å²) in [7, 11) is -2.57. The van der Waals surface area contributed by atoms with E-state index < -0.39 is 34.1 Å². The quantitative estimate of drug-likeness (QED) is 0.341. The number of benzene rings is 3. The number of carbonyl (C=O) groups is 2. The van der Waals surface area contributed by atoms with Gasteiger partial charge in [-0.1, -0.05) is 55.0 Å². The predicted octanol–water partition coefficient (Wildman–Crippen LogP) is 5.09. The molecule has 1 N–H and O–H groups in total. The number of amides is 2. The second kappa shape index (κ2) is 13.2. The molecular formula is C32H41N3O5S. The molecule has 1 atom stereocenters. The fraction of sp³-hybridized carbons (Fsp3) is 0.375. The predicted molar refractivity (Wildman–Crippen MR) is 162 cm³/mol. The third kappa shape index (κ3) is 8.10. The van der Waals surface area contributed by atoms with E-state index in [2.05, 4.69) is 5.32 Å². The summed E-state index contributed by atoms with van der Waals surface area (Å²) in [4.78, 5) is 28.9. The number of nitrogens with one attached hydrogen (secondary N) is 1. The fourth-order valence-corrected chi connectivity index (χ4v) is 5.88. The molecule has 3 rings (SSSR count). The number of hydrogen-bond acceptors (Lipinski definition) is 5. The van der Waals surface area contributed by atoms with Crippen LogP contribution in [-0.4, -0.2) is 50.4 Å². The van der Waals surface area contributed by atoms with E-state index in [4.69, 9.17) is 4.74 Å². The van der Waals surface area contributed by atoms with Crippen molar-refractivity contribution in [3.63, 3.8) is 0 Å². The maximum atomic E-state index is 14.1. The highest BCUT2D eigenvalue weighted by molar-refractivity contribution is 7.92. The third-order valence-electron chi connectivity index (χ3n) is 6.68. The van der Waals surface area contributed by atoms with Crippen LogP contribution in [0.4, 0.5) is 5.69 Å². The van der Waals surface area contributed by atoms with Crippen LogP contribution < -0.4 is 14.4 Å². The van der Waals surface area contributed by atoms with Crippen molar-refractivity contribution in [1.82, 2.24) is 10.2 Å². The molecule has 220 valence electrons. The standard InChI is InChI=1S/C32H41N3O5S/c1-8-26-13-9-10-15-29(26)35(41(38,39)28-18-16-23(2)17-19-28)22-30(36)34(24(3)31(37)33-32(4,5)6)21-25-12-11-14-27(20-25)40-7/h9-20,24H,8,21-22H2,1-7H3,(H,33,37)/t24-/m0/s1. The number of anilines is 1. The highest BCUT2D eigenvalue weighted by Crippen LogP contribution is 2.28. The number of nitrogens with zero attached hydrogens (tertiary/aromatic N) is 2. The van der Waals surface area contributed by atoms with Gasteiger partial charge >= 0.3 is 0 Å². The molecule has 0 unspecified atom stereocenters. The van der Waals surface area contributed by atoms with Crippen molar-refractivity contribution in [3.05, 3.63) is 89.5 Å². The van der Waals surface area contributed by atoms with Crippen molar-refractivity contribution >= 4 is 27.5 Å². The SMILES string of the molecule is CCc1ccccc1N(CC(=O)N(Cc1cccc(OC)c1)[C@@H](C)C(=O)NC(C)(C)C)S(=O)(=O)c1ccc(C)cc1. The molecule has 0 heterocycles. The molecule has 9 heteroatoms. The Morgan fingerprint density at radius 3 is 2.24 bits per heavy atom. The molecule has 0 saturated carbocycles. The Bertz CT molecular complexity index is 1460. The van der Waals surface area contributed by atoms with Crippen LogP contribution in [0.15, 0.2) is 77.7 Å². The fourth-order valence-electron chi connectivity index (χ4n) is 4.43. The summed E-state index contributed by atoms with van der Waals surface area (Å²) in [5, 5.41) is 2.94. The number of carbonyl (C=O) groups excluding carboxylic acids is 2. The van der Waals surface area contributed by atoms with Crippen molar-refractivity contribution in [3.8, 4) is 5.75 Å². The first-order chi connectivity index (χ1) is 19.3. The molecule has 0 spiro atoms. The average molecular weight is 580 g/mol. The van der Waals surface area contributed by atoms with Crippen molar-refractivity contribution in [2.45, 2.75) is 71.0 Å². The van der Waals surface area contributed by atoms with Gasteiger partial charge in [-0.15, -0.1) is 0 Å². The molecule has 3 aromatic carbocycles. The zero-order chi connectivity index (χ0) is 30.4. The molecule has 0 bridgehead atoms. The Kier molecular flexibility index (Phi) is 10.2. The van der Waals surface area contributed by atoms with Gasteiger partial charge in [0.2, 0.25) is 11.8 Å². The van der Waals surface area contributed by atoms with Crippen LogP contribution in [0.5, 0.6) is 5.75 Å². The van der Waals surface area contributed by atoms with Crippen LogP contribution in [-0.2, 0) is 32.6 Å². The summed E-state index contributed by atoms with van der Waals surface area (Å²) in [6, 6.07) is 20.1. The molecule has 0 saturated heterocycles. The summed E-state index contributed by atoms with van der Waals surface area (Å²) in [5.41, 5.74) is 2.36. The van der Waals surface area contributed by atoms with Crippen LogP contribution in [0.3, 0.4) is 0 Å².